The van der Waals surface area contributed by atoms with Gasteiger partial charge in [0.05, 0.1) is 0 Å². The van der Waals surface area contributed by atoms with Crippen LogP contribution < -0.4 is 0 Å². The normalized spacial score (nSPS) is 17.3. The van der Waals surface area contributed by atoms with E-state index in [9.17, 15) is 18.0 Å². The molecule has 0 aliphatic carbocycles. The zero-order valence-electron chi connectivity index (χ0n) is 4.25. The van der Waals surface area contributed by atoms with Crippen molar-refractivity contribution in [2.24, 2.45) is 4.99 Å². The Hall–Kier alpha value is -0.250. The molecule has 0 amide bonds. The summed E-state index contributed by atoms with van der Waals surface area (Å²) in [6.07, 6.45) is 0.518. The Morgan fingerprint density at radius 1 is 1.30 bits per heavy atom. The van der Waals surface area contributed by atoms with E-state index in [4.69, 9.17) is 0 Å². The summed E-state index contributed by atoms with van der Waals surface area (Å²) in [6.45, 7) is 0. The SMILES string of the molecule is O=C=NC(F)(Cl)C(F)(F)Cl. The van der Waals surface area contributed by atoms with E-state index in [0.717, 1.165) is 0 Å². The molecule has 0 heterocycles. The Morgan fingerprint density at radius 3 is 1.80 bits per heavy atom. The summed E-state index contributed by atoms with van der Waals surface area (Å²) >= 11 is 8.43. The summed E-state index contributed by atoms with van der Waals surface area (Å²) in [5, 5.41) is -8.32. The van der Waals surface area contributed by atoms with Crippen molar-refractivity contribution in [3.05, 3.63) is 0 Å². The number of carbonyl (C=O) groups excluding carboxylic acids is 1. The van der Waals surface area contributed by atoms with Gasteiger partial charge in [0.2, 0.25) is 6.08 Å². The molecule has 58 valence electrons. The van der Waals surface area contributed by atoms with Crippen LogP contribution >= 0.6 is 23.2 Å². The largest absolute Gasteiger partial charge is 0.390 e. The van der Waals surface area contributed by atoms with Crippen molar-refractivity contribution in [2.75, 3.05) is 0 Å². The molecule has 0 rings (SSSR count). The molecule has 0 fully saturated rings. The van der Waals surface area contributed by atoms with Crippen molar-refractivity contribution in [3.63, 3.8) is 0 Å². The lowest BCUT2D eigenvalue weighted by Gasteiger charge is -2.15. The quantitative estimate of drug-likeness (QED) is 0.286. The smallest absolute Gasteiger partial charge is 0.211 e. The maximum Gasteiger partial charge on any atom is 0.390 e. The van der Waals surface area contributed by atoms with Crippen molar-refractivity contribution in [3.8, 4) is 0 Å². The molecule has 10 heavy (non-hydrogen) atoms. The predicted octanol–water partition coefficient (Wildman–Crippen LogP) is 2.02. The number of nitrogens with zero attached hydrogens (tertiary/aromatic N) is 1. The number of hydrogen-bond donors (Lipinski definition) is 0. The standard InChI is InChI=1S/C3Cl2F3NO/c4-2(6,7)3(5,8)9-1-10. The number of isocyanates is 1. The molecule has 0 aromatic rings. The first-order chi connectivity index (χ1) is 4.31. The van der Waals surface area contributed by atoms with Crippen LogP contribution in [0.15, 0.2) is 4.99 Å². The second-order valence-electron chi connectivity index (χ2n) is 1.24. The molecule has 0 N–H and O–H groups in total. The Bertz CT molecular complexity index is 171. The van der Waals surface area contributed by atoms with E-state index in [-0.39, 0.29) is 0 Å². The highest BCUT2D eigenvalue weighted by molar-refractivity contribution is 6.32. The molecule has 0 bridgehead atoms. The molecule has 0 aliphatic heterocycles. The minimum atomic E-state index is -4.41. The van der Waals surface area contributed by atoms with Gasteiger partial charge in [0.15, 0.2) is 0 Å². The van der Waals surface area contributed by atoms with Crippen molar-refractivity contribution in [2.45, 2.75) is 10.6 Å². The van der Waals surface area contributed by atoms with E-state index < -0.39 is 10.6 Å². The van der Waals surface area contributed by atoms with Crippen LogP contribution in [0.3, 0.4) is 0 Å². The number of aliphatic imine (C=N–C) groups is 1. The van der Waals surface area contributed by atoms with Crippen LogP contribution in [0.25, 0.3) is 0 Å². The summed E-state index contributed by atoms with van der Waals surface area (Å²) in [7, 11) is 0. The van der Waals surface area contributed by atoms with Crippen molar-refractivity contribution in [1.82, 2.24) is 0 Å². The number of rotatable bonds is 2. The lowest BCUT2D eigenvalue weighted by molar-refractivity contribution is -0.0145. The summed E-state index contributed by atoms with van der Waals surface area (Å²) in [5.74, 6) is 0. The highest BCUT2D eigenvalue weighted by Crippen LogP contribution is 2.40. The van der Waals surface area contributed by atoms with Crippen LogP contribution in [-0.4, -0.2) is 16.7 Å². The van der Waals surface area contributed by atoms with Crippen molar-refractivity contribution >= 4 is 29.3 Å². The maximum atomic E-state index is 12.1. The van der Waals surface area contributed by atoms with Gasteiger partial charge >= 0.3 is 10.6 Å². The molecule has 0 aromatic carbocycles. The summed E-state index contributed by atoms with van der Waals surface area (Å²) in [6, 6.07) is 0. The molecule has 0 saturated carbocycles. The van der Waals surface area contributed by atoms with Gasteiger partial charge in [0.1, 0.15) is 0 Å². The third-order valence-corrected chi connectivity index (χ3v) is 1.20. The van der Waals surface area contributed by atoms with Crippen molar-refractivity contribution in [1.29, 1.82) is 0 Å². The second kappa shape index (κ2) is 2.78. The van der Waals surface area contributed by atoms with Crippen LogP contribution in [0.1, 0.15) is 0 Å². The Morgan fingerprint density at radius 2 is 1.70 bits per heavy atom. The monoisotopic (exact) mass is 193 g/mol. The molecule has 0 aliphatic rings. The highest BCUT2D eigenvalue weighted by Gasteiger charge is 2.53. The first-order valence-corrected chi connectivity index (χ1v) is 2.60. The topological polar surface area (TPSA) is 29.4 Å². The fourth-order valence-corrected chi connectivity index (χ4v) is 0.197. The average molecular weight is 194 g/mol. The van der Waals surface area contributed by atoms with Gasteiger partial charge in [0.25, 0.3) is 0 Å². The molecule has 0 aromatic heterocycles. The first kappa shape index (κ1) is 9.75. The average Bonchev–Trinajstić information content (AvgIpc) is 1.61. The minimum Gasteiger partial charge on any atom is -0.211 e. The number of hydrogen-bond acceptors (Lipinski definition) is 2. The Kier molecular flexibility index (Phi) is 2.71. The Labute approximate surface area is 63.6 Å². The lowest BCUT2D eigenvalue weighted by atomic mass is 10.6. The summed E-state index contributed by atoms with van der Waals surface area (Å²) in [4.78, 5) is 11.2. The van der Waals surface area contributed by atoms with E-state index in [1.807, 2.05) is 4.99 Å². The van der Waals surface area contributed by atoms with E-state index in [1.54, 1.807) is 0 Å². The van der Waals surface area contributed by atoms with Crippen LogP contribution in [0, 0.1) is 0 Å². The highest BCUT2D eigenvalue weighted by atomic mass is 35.5. The zero-order chi connectivity index (χ0) is 8.41. The molecule has 7 heteroatoms. The third-order valence-electron chi connectivity index (χ3n) is 0.527. The van der Waals surface area contributed by atoms with Gasteiger partial charge in [-0.1, -0.05) is 0 Å². The fourth-order valence-electron chi connectivity index (χ4n) is 0.121. The number of halogens is 5. The predicted molar refractivity (Wildman–Crippen MR) is 28.6 cm³/mol. The van der Waals surface area contributed by atoms with E-state index in [2.05, 4.69) is 23.2 Å². The van der Waals surface area contributed by atoms with Gasteiger partial charge in [-0.25, -0.2) is 4.79 Å². The third kappa shape index (κ3) is 2.17. The van der Waals surface area contributed by atoms with Gasteiger partial charge in [-0.05, 0) is 23.2 Å². The van der Waals surface area contributed by atoms with E-state index in [1.165, 1.54) is 0 Å². The Balaban J connectivity index is 4.56. The van der Waals surface area contributed by atoms with Gasteiger partial charge in [-0.2, -0.15) is 13.2 Å². The maximum absolute atomic E-state index is 12.1. The molecule has 0 spiro atoms. The molecular weight excluding hydrogens is 194 g/mol. The van der Waals surface area contributed by atoms with Crippen molar-refractivity contribution < 1.29 is 18.0 Å². The second-order valence-corrected chi connectivity index (χ2v) is 2.22. The van der Waals surface area contributed by atoms with Crippen LogP contribution in [0.5, 0.6) is 0 Å². The van der Waals surface area contributed by atoms with Crippen LogP contribution in [0.2, 0.25) is 0 Å². The molecular formula is C3Cl2F3NO. The lowest BCUT2D eigenvalue weighted by Crippen LogP contribution is -2.31. The molecule has 1 unspecified atom stereocenters. The van der Waals surface area contributed by atoms with E-state index in [0.29, 0.717) is 6.08 Å². The van der Waals surface area contributed by atoms with Gasteiger partial charge in [-0.15, -0.1) is 4.99 Å². The van der Waals surface area contributed by atoms with Crippen LogP contribution in [0.4, 0.5) is 13.2 Å². The summed E-state index contributed by atoms with van der Waals surface area (Å²) < 4.78 is 35.4. The van der Waals surface area contributed by atoms with Crippen LogP contribution in [-0.2, 0) is 4.79 Å². The molecule has 1 atom stereocenters. The minimum absolute atomic E-state index is 0.518. The molecule has 2 nitrogen and oxygen atoms in total. The fraction of sp³-hybridized carbons (Fsp3) is 0.667. The van der Waals surface area contributed by atoms with Gasteiger partial charge < -0.3 is 0 Å². The number of alkyl halides is 5. The summed E-state index contributed by atoms with van der Waals surface area (Å²) in [5.41, 5.74) is 0. The molecule has 0 saturated heterocycles. The van der Waals surface area contributed by atoms with Gasteiger partial charge in [-0.3, -0.25) is 0 Å². The first-order valence-electron chi connectivity index (χ1n) is 1.85. The zero-order valence-corrected chi connectivity index (χ0v) is 5.76. The van der Waals surface area contributed by atoms with Gasteiger partial charge in [0, 0.05) is 0 Å². The molecule has 0 radical (unpaired) electrons. The van der Waals surface area contributed by atoms with E-state index >= 15 is 0 Å².